The van der Waals surface area contributed by atoms with Crippen LogP contribution in [0.1, 0.15) is 5.69 Å². The van der Waals surface area contributed by atoms with E-state index in [1.54, 1.807) is 42.9 Å². The van der Waals surface area contributed by atoms with Gasteiger partial charge in [-0.2, -0.15) is 4.31 Å². The van der Waals surface area contributed by atoms with Gasteiger partial charge in [-0.15, -0.1) is 0 Å². The molecule has 0 aliphatic carbocycles. The number of methoxy groups -OCH3 is 1. The summed E-state index contributed by atoms with van der Waals surface area (Å²) in [5.41, 5.74) is 0.896. The number of sulfonamides is 1. The molecule has 10 heteroatoms. The lowest BCUT2D eigenvalue weighted by atomic mass is 10.3. The van der Waals surface area contributed by atoms with Crippen LogP contribution in [0.25, 0.3) is 5.69 Å². The fourth-order valence-electron chi connectivity index (χ4n) is 3.11. The van der Waals surface area contributed by atoms with E-state index in [1.165, 1.54) is 43.1 Å². The summed E-state index contributed by atoms with van der Waals surface area (Å²) in [6.07, 6.45) is 0. The Hall–Kier alpha value is -3.37. The molecule has 1 N–H and O–H groups in total. The number of likely N-dealkylation sites (N-methyl/N-ethyl adjacent to an activating group) is 1. The van der Waals surface area contributed by atoms with E-state index in [-0.39, 0.29) is 10.6 Å². The largest absolute Gasteiger partial charge is 0.497 e. The second kappa shape index (κ2) is 8.78. The van der Waals surface area contributed by atoms with Crippen molar-refractivity contribution in [2.45, 2.75) is 11.8 Å². The van der Waals surface area contributed by atoms with Crippen LogP contribution in [0.3, 0.4) is 0 Å². The Morgan fingerprint density at radius 2 is 1.71 bits per heavy atom. The highest BCUT2D eigenvalue weighted by molar-refractivity contribution is 7.89. The standard InChI is InChI=1S/C21H24N4O5S/c1-15-20(21(27)25(24(15)3)16-8-6-5-7-9-16)22-19(26)14-23(2)31(28,29)18-12-10-17(30-4)11-13-18/h5-13H,14H2,1-4H3,(H,22,26). The van der Waals surface area contributed by atoms with Crippen LogP contribution in [0, 0.1) is 6.92 Å². The maximum absolute atomic E-state index is 12.9. The number of aromatic nitrogens is 2. The Balaban J connectivity index is 1.80. The first-order chi connectivity index (χ1) is 14.7. The number of nitrogens with one attached hydrogen (secondary N) is 1. The van der Waals surface area contributed by atoms with Gasteiger partial charge in [0.2, 0.25) is 15.9 Å². The Labute approximate surface area is 180 Å². The van der Waals surface area contributed by atoms with Crippen molar-refractivity contribution in [3.8, 4) is 11.4 Å². The average Bonchev–Trinajstić information content (AvgIpc) is 2.97. The molecule has 0 spiro atoms. The Morgan fingerprint density at radius 3 is 2.29 bits per heavy atom. The highest BCUT2D eigenvalue weighted by Crippen LogP contribution is 2.19. The van der Waals surface area contributed by atoms with Crippen LogP contribution in [0.5, 0.6) is 5.75 Å². The second-order valence-corrected chi connectivity index (χ2v) is 8.97. The third-order valence-corrected chi connectivity index (χ3v) is 6.77. The number of anilines is 1. The van der Waals surface area contributed by atoms with Crippen molar-refractivity contribution < 1.29 is 17.9 Å². The van der Waals surface area contributed by atoms with Gasteiger partial charge in [-0.1, -0.05) is 18.2 Å². The Kier molecular flexibility index (Phi) is 6.32. The van der Waals surface area contributed by atoms with Crippen molar-refractivity contribution in [3.63, 3.8) is 0 Å². The van der Waals surface area contributed by atoms with Gasteiger partial charge in [-0.3, -0.25) is 14.3 Å². The number of hydrogen-bond donors (Lipinski definition) is 1. The first-order valence-corrected chi connectivity index (χ1v) is 10.8. The molecule has 9 nitrogen and oxygen atoms in total. The highest BCUT2D eigenvalue weighted by atomic mass is 32.2. The fourth-order valence-corrected chi connectivity index (χ4v) is 4.23. The van der Waals surface area contributed by atoms with Gasteiger partial charge in [0.1, 0.15) is 11.4 Å². The third-order valence-electron chi connectivity index (χ3n) is 4.95. The van der Waals surface area contributed by atoms with Crippen molar-refractivity contribution in [2.24, 2.45) is 7.05 Å². The average molecular weight is 445 g/mol. The van der Waals surface area contributed by atoms with Gasteiger partial charge in [0.15, 0.2) is 0 Å². The summed E-state index contributed by atoms with van der Waals surface area (Å²) >= 11 is 0. The highest BCUT2D eigenvalue weighted by Gasteiger charge is 2.25. The van der Waals surface area contributed by atoms with Gasteiger partial charge in [0.05, 0.1) is 29.9 Å². The number of ether oxygens (including phenoxy) is 1. The van der Waals surface area contributed by atoms with Gasteiger partial charge in [0, 0.05) is 14.1 Å². The molecule has 0 aliphatic heterocycles. The van der Waals surface area contributed by atoms with Crippen LogP contribution in [-0.4, -0.2) is 48.7 Å². The van der Waals surface area contributed by atoms with Crippen molar-refractivity contribution in [1.82, 2.24) is 13.7 Å². The smallest absolute Gasteiger partial charge is 0.295 e. The summed E-state index contributed by atoms with van der Waals surface area (Å²) in [6.45, 7) is 1.25. The van der Waals surface area contributed by atoms with Crippen molar-refractivity contribution >= 4 is 21.6 Å². The van der Waals surface area contributed by atoms with Gasteiger partial charge in [-0.05, 0) is 43.3 Å². The van der Waals surface area contributed by atoms with E-state index in [9.17, 15) is 18.0 Å². The summed E-state index contributed by atoms with van der Waals surface area (Å²) in [6, 6.07) is 14.9. The Bertz CT molecular complexity index is 1250. The molecule has 1 heterocycles. The number of hydrogen-bond acceptors (Lipinski definition) is 5. The molecule has 0 unspecified atom stereocenters. The molecule has 0 saturated heterocycles. The molecule has 0 bridgehead atoms. The van der Waals surface area contributed by atoms with E-state index in [0.29, 0.717) is 17.1 Å². The molecule has 3 aromatic rings. The first-order valence-electron chi connectivity index (χ1n) is 9.41. The number of nitrogens with zero attached hydrogens (tertiary/aromatic N) is 3. The van der Waals surface area contributed by atoms with Crippen LogP contribution in [0.4, 0.5) is 5.69 Å². The molecule has 1 amide bonds. The quantitative estimate of drug-likeness (QED) is 0.598. The van der Waals surface area contributed by atoms with E-state index in [0.717, 1.165) is 4.31 Å². The van der Waals surface area contributed by atoms with E-state index in [2.05, 4.69) is 5.32 Å². The Morgan fingerprint density at radius 1 is 1.10 bits per heavy atom. The number of para-hydroxylation sites is 1. The summed E-state index contributed by atoms with van der Waals surface area (Å²) in [7, 11) is 0.607. The molecule has 0 aliphatic rings. The van der Waals surface area contributed by atoms with E-state index in [1.807, 2.05) is 6.07 Å². The van der Waals surface area contributed by atoms with E-state index < -0.39 is 28.0 Å². The van der Waals surface area contributed by atoms with E-state index >= 15 is 0 Å². The molecule has 0 atom stereocenters. The predicted octanol–water partition coefficient (Wildman–Crippen LogP) is 1.75. The zero-order chi connectivity index (χ0) is 22.8. The van der Waals surface area contributed by atoms with Crippen LogP contribution >= 0.6 is 0 Å². The van der Waals surface area contributed by atoms with Crippen molar-refractivity contribution in [2.75, 3.05) is 26.0 Å². The van der Waals surface area contributed by atoms with Crippen LogP contribution in [-0.2, 0) is 21.9 Å². The van der Waals surface area contributed by atoms with Crippen molar-refractivity contribution in [1.29, 1.82) is 0 Å². The molecular formula is C21H24N4O5S. The number of rotatable bonds is 7. The molecule has 3 rings (SSSR count). The topological polar surface area (TPSA) is 103 Å². The summed E-state index contributed by atoms with van der Waals surface area (Å²) in [5.74, 6) is -0.0980. The molecular weight excluding hydrogens is 420 g/mol. The van der Waals surface area contributed by atoms with Gasteiger partial charge >= 0.3 is 0 Å². The minimum Gasteiger partial charge on any atom is -0.497 e. The maximum Gasteiger partial charge on any atom is 0.295 e. The molecule has 1 aromatic heterocycles. The lowest BCUT2D eigenvalue weighted by Crippen LogP contribution is -2.35. The van der Waals surface area contributed by atoms with Crippen LogP contribution in [0.2, 0.25) is 0 Å². The van der Waals surface area contributed by atoms with Crippen LogP contribution in [0.15, 0.2) is 64.3 Å². The summed E-state index contributed by atoms with van der Waals surface area (Å²) in [4.78, 5) is 25.5. The monoisotopic (exact) mass is 444 g/mol. The first kappa shape index (κ1) is 22.3. The molecule has 0 fully saturated rings. The van der Waals surface area contributed by atoms with Crippen molar-refractivity contribution in [3.05, 3.63) is 70.6 Å². The minimum absolute atomic E-state index is 0.0333. The lowest BCUT2D eigenvalue weighted by molar-refractivity contribution is -0.116. The predicted molar refractivity (Wildman–Crippen MR) is 117 cm³/mol. The molecule has 31 heavy (non-hydrogen) atoms. The summed E-state index contributed by atoms with van der Waals surface area (Å²) in [5, 5.41) is 2.56. The summed E-state index contributed by atoms with van der Waals surface area (Å²) < 4.78 is 34.5. The maximum atomic E-state index is 12.9. The fraction of sp³-hybridized carbons (Fsp3) is 0.238. The normalized spacial score (nSPS) is 11.5. The number of amides is 1. The van der Waals surface area contributed by atoms with E-state index in [4.69, 9.17) is 4.74 Å². The zero-order valence-electron chi connectivity index (χ0n) is 17.7. The SMILES string of the molecule is COc1ccc(S(=O)(=O)N(C)CC(=O)Nc2c(C)n(C)n(-c3ccccc3)c2=O)cc1. The molecule has 0 radical (unpaired) electrons. The van der Waals surface area contributed by atoms with Crippen LogP contribution < -0.4 is 15.6 Å². The zero-order valence-corrected chi connectivity index (χ0v) is 18.5. The molecule has 0 saturated carbocycles. The molecule has 2 aromatic carbocycles. The second-order valence-electron chi connectivity index (χ2n) is 6.92. The number of carbonyl (C=O) groups is 1. The number of benzene rings is 2. The van der Waals surface area contributed by atoms with Gasteiger partial charge < -0.3 is 10.1 Å². The van der Waals surface area contributed by atoms with Gasteiger partial charge in [0.25, 0.3) is 5.56 Å². The number of carbonyl (C=O) groups excluding carboxylic acids is 1. The minimum atomic E-state index is -3.89. The van der Waals surface area contributed by atoms with Gasteiger partial charge in [-0.25, -0.2) is 13.1 Å². The third kappa shape index (κ3) is 4.39. The lowest BCUT2D eigenvalue weighted by Gasteiger charge is -2.17. The molecule has 164 valence electrons.